The Morgan fingerprint density at radius 2 is 2.06 bits per heavy atom. The second kappa shape index (κ2) is 6.02. The number of rotatable bonds is 5. The van der Waals surface area contributed by atoms with E-state index in [0.29, 0.717) is 22.6 Å². The molecule has 96 valence electrons. The van der Waals surface area contributed by atoms with Gasteiger partial charge in [0.25, 0.3) is 0 Å². The van der Waals surface area contributed by atoms with Crippen LogP contribution < -0.4 is 11.1 Å². The highest BCUT2D eigenvalue weighted by atomic mass is 35.5. The Labute approximate surface area is 107 Å². The number of anilines is 2. The lowest BCUT2D eigenvalue weighted by Gasteiger charge is -2.26. The molecule has 1 aromatic rings. The van der Waals surface area contributed by atoms with E-state index in [0.717, 1.165) is 6.54 Å². The van der Waals surface area contributed by atoms with E-state index in [1.165, 1.54) is 6.33 Å². The molecule has 0 bridgehead atoms. The highest BCUT2D eigenvalue weighted by molar-refractivity contribution is 6.35. The first-order valence-electron chi connectivity index (χ1n) is 5.59. The molecule has 1 heterocycles. The number of nitrogen functional groups attached to an aromatic ring is 1. The zero-order chi connectivity index (χ0) is 13.0. The van der Waals surface area contributed by atoms with Gasteiger partial charge in [-0.1, -0.05) is 25.4 Å². The maximum Gasteiger partial charge on any atom is 0.150 e. The number of nitrogens with one attached hydrogen (secondary N) is 1. The van der Waals surface area contributed by atoms with E-state index < -0.39 is 0 Å². The fraction of sp³-hybridized carbons (Fsp3) is 0.636. The molecule has 1 unspecified atom stereocenters. The fourth-order valence-corrected chi connectivity index (χ4v) is 1.63. The summed E-state index contributed by atoms with van der Waals surface area (Å²) in [5.41, 5.74) is 5.64. The van der Waals surface area contributed by atoms with Crippen molar-refractivity contribution in [1.82, 2.24) is 14.9 Å². The lowest BCUT2D eigenvalue weighted by Crippen LogP contribution is -2.36. The minimum absolute atomic E-state index is 0.261. The number of hydrogen-bond acceptors (Lipinski definition) is 5. The molecule has 0 fully saturated rings. The molecule has 17 heavy (non-hydrogen) atoms. The summed E-state index contributed by atoms with van der Waals surface area (Å²) >= 11 is 6.05. The van der Waals surface area contributed by atoms with E-state index in [2.05, 4.69) is 34.0 Å². The van der Waals surface area contributed by atoms with Gasteiger partial charge in [0.1, 0.15) is 17.2 Å². The van der Waals surface area contributed by atoms with Gasteiger partial charge in [-0.15, -0.1) is 0 Å². The summed E-state index contributed by atoms with van der Waals surface area (Å²) in [4.78, 5) is 10.1. The summed E-state index contributed by atoms with van der Waals surface area (Å²) in [6.45, 7) is 5.21. The first-order valence-corrected chi connectivity index (χ1v) is 5.96. The van der Waals surface area contributed by atoms with Crippen molar-refractivity contribution >= 4 is 23.2 Å². The van der Waals surface area contributed by atoms with Gasteiger partial charge < -0.3 is 16.0 Å². The van der Waals surface area contributed by atoms with Gasteiger partial charge in [0.2, 0.25) is 0 Å². The topological polar surface area (TPSA) is 67.1 Å². The molecule has 5 nitrogen and oxygen atoms in total. The van der Waals surface area contributed by atoms with Gasteiger partial charge in [0.15, 0.2) is 5.82 Å². The summed E-state index contributed by atoms with van der Waals surface area (Å²) in [5.74, 6) is 1.36. The molecule has 0 radical (unpaired) electrons. The molecule has 0 saturated carbocycles. The molecule has 0 aliphatic carbocycles. The molecular weight excluding hydrogens is 238 g/mol. The highest BCUT2D eigenvalue weighted by Gasteiger charge is 2.17. The summed E-state index contributed by atoms with van der Waals surface area (Å²) in [6, 6.07) is 0.261. The van der Waals surface area contributed by atoms with Crippen LogP contribution in [0, 0.1) is 5.92 Å². The quantitative estimate of drug-likeness (QED) is 0.841. The van der Waals surface area contributed by atoms with Crippen LogP contribution in [0.2, 0.25) is 5.02 Å². The van der Waals surface area contributed by atoms with Crippen LogP contribution in [0.15, 0.2) is 6.33 Å². The van der Waals surface area contributed by atoms with Crippen LogP contribution in [-0.4, -0.2) is 41.5 Å². The summed E-state index contributed by atoms with van der Waals surface area (Å²) in [7, 11) is 4.07. The molecule has 0 spiro atoms. The molecule has 0 aliphatic heterocycles. The fourth-order valence-electron chi connectivity index (χ4n) is 1.48. The molecule has 3 N–H and O–H groups in total. The first-order chi connectivity index (χ1) is 7.91. The molecular formula is C11H20ClN5. The van der Waals surface area contributed by atoms with Crippen molar-refractivity contribution in [3.8, 4) is 0 Å². The molecule has 1 aromatic heterocycles. The van der Waals surface area contributed by atoms with Crippen molar-refractivity contribution in [2.75, 3.05) is 31.7 Å². The van der Waals surface area contributed by atoms with Crippen LogP contribution in [0.4, 0.5) is 11.6 Å². The van der Waals surface area contributed by atoms with Gasteiger partial charge in [0, 0.05) is 12.6 Å². The van der Waals surface area contributed by atoms with Crippen LogP contribution in [0.1, 0.15) is 13.8 Å². The second-order valence-corrected chi connectivity index (χ2v) is 5.06. The van der Waals surface area contributed by atoms with E-state index in [1.807, 2.05) is 14.1 Å². The average Bonchev–Trinajstić information content (AvgIpc) is 2.22. The summed E-state index contributed by atoms with van der Waals surface area (Å²) in [6.07, 6.45) is 1.41. The van der Waals surface area contributed by atoms with Crippen molar-refractivity contribution in [1.29, 1.82) is 0 Å². The minimum Gasteiger partial charge on any atom is -0.382 e. The van der Waals surface area contributed by atoms with E-state index in [4.69, 9.17) is 17.3 Å². The predicted molar refractivity (Wildman–Crippen MR) is 72.3 cm³/mol. The molecule has 1 atom stereocenters. The third-order valence-corrected chi connectivity index (χ3v) is 2.88. The number of likely N-dealkylation sites (N-methyl/N-ethyl adjacent to an activating group) is 1. The number of aromatic nitrogens is 2. The van der Waals surface area contributed by atoms with Crippen molar-refractivity contribution in [3.05, 3.63) is 11.3 Å². The molecule has 0 aliphatic rings. The lowest BCUT2D eigenvalue weighted by molar-refractivity contribution is 0.344. The zero-order valence-corrected chi connectivity index (χ0v) is 11.5. The molecule has 0 aromatic carbocycles. The Morgan fingerprint density at radius 1 is 1.41 bits per heavy atom. The van der Waals surface area contributed by atoms with E-state index in [9.17, 15) is 0 Å². The van der Waals surface area contributed by atoms with E-state index in [-0.39, 0.29) is 6.04 Å². The summed E-state index contributed by atoms with van der Waals surface area (Å²) in [5, 5.41) is 3.70. The minimum atomic E-state index is 0.261. The molecule has 0 amide bonds. The average molecular weight is 258 g/mol. The van der Waals surface area contributed by atoms with Crippen molar-refractivity contribution in [3.63, 3.8) is 0 Å². The Kier molecular flexibility index (Phi) is 4.96. The summed E-state index contributed by atoms with van der Waals surface area (Å²) < 4.78 is 0. The Balaban J connectivity index is 2.82. The number of halogens is 1. The van der Waals surface area contributed by atoms with E-state index in [1.54, 1.807) is 0 Å². The van der Waals surface area contributed by atoms with Crippen LogP contribution in [0.5, 0.6) is 0 Å². The zero-order valence-electron chi connectivity index (χ0n) is 10.7. The normalized spacial score (nSPS) is 13.1. The number of hydrogen-bond donors (Lipinski definition) is 2. The second-order valence-electron chi connectivity index (χ2n) is 4.68. The van der Waals surface area contributed by atoms with Gasteiger partial charge in [-0.2, -0.15) is 0 Å². The van der Waals surface area contributed by atoms with Crippen molar-refractivity contribution < 1.29 is 0 Å². The van der Waals surface area contributed by atoms with Crippen LogP contribution >= 0.6 is 11.6 Å². The van der Waals surface area contributed by atoms with Gasteiger partial charge >= 0.3 is 0 Å². The van der Waals surface area contributed by atoms with E-state index >= 15 is 0 Å². The van der Waals surface area contributed by atoms with Crippen molar-refractivity contribution in [2.45, 2.75) is 19.9 Å². The van der Waals surface area contributed by atoms with Crippen LogP contribution in [-0.2, 0) is 0 Å². The van der Waals surface area contributed by atoms with Crippen LogP contribution in [0.3, 0.4) is 0 Å². The monoisotopic (exact) mass is 257 g/mol. The molecule has 6 heteroatoms. The van der Waals surface area contributed by atoms with Gasteiger partial charge in [-0.05, 0) is 20.0 Å². The third kappa shape index (κ3) is 4.02. The van der Waals surface area contributed by atoms with Crippen molar-refractivity contribution in [2.24, 2.45) is 5.92 Å². The Morgan fingerprint density at radius 3 is 2.59 bits per heavy atom. The molecule has 0 saturated heterocycles. The Hall–Kier alpha value is -1.07. The SMILES string of the molecule is CC(C)C(CN(C)C)Nc1ncnc(N)c1Cl. The van der Waals surface area contributed by atoms with Gasteiger partial charge in [-0.3, -0.25) is 0 Å². The largest absolute Gasteiger partial charge is 0.382 e. The van der Waals surface area contributed by atoms with Gasteiger partial charge in [-0.25, -0.2) is 9.97 Å². The Bertz CT molecular complexity index is 367. The smallest absolute Gasteiger partial charge is 0.150 e. The maximum absolute atomic E-state index is 6.05. The number of nitrogens with two attached hydrogens (primary N) is 1. The molecule has 1 rings (SSSR count). The third-order valence-electron chi connectivity index (χ3n) is 2.51. The number of nitrogens with zero attached hydrogens (tertiary/aromatic N) is 3. The lowest BCUT2D eigenvalue weighted by atomic mass is 10.0. The predicted octanol–water partition coefficient (Wildman–Crippen LogP) is 1.71. The standard InChI is InChI=1S/C11H20ClN5/c1-7(2)8(5-17(3)4)16-11-9(12)10(13)14-6-15-11/h6-8H,5H2,1-4H3,(H3,13,14,15,16). The first kappa shape index (κ1) is 14.0. The highest BCUT2D eigenvalue weighted by Crippen LogP contribution is 2.24. The maximum atomic E-state index is 6.05. The van der Waals surface area contributed by atoms with Crippen LogP contribution in [0.25, 0.3) is 0 Å². The van der Waals surface area contributed by atoms with Gasteiger partial charge in [0.05, 0.1) is 0 Å².